The molecule has 1 aliphatic heterocycles. The number of benzene rings is 2. The van der Waals surface area contributed by atoms with Gasteiger partial charge in [-0.15, -0.1) is 0 Å². The van der Waals surface area contributed by atoms with E-state index in [4.69, 9.17) is 16.3 Å². The first-order valence-electron chi connectivity index (χ1n) is 9.00. The summed E-state index contributed by atoms with van der Waals surface area (Å²) in [6.45, 7) is 6.57. The molecule has 27 heavy (non-hydrogen) atoms. The molecule has 0 aliphatic carbocycles. The number of aryl methyl sites for hydroxylation is 2. The van der Waals surface area contributed by atoms with Gasteiger partial charge >= 0.3 is 6.03 Å². The maximum atomic E-state index is 12.9. The average Bonchev–Trinajstić information content (AvgIpc) is 2.64. The van der Waals surface area contributed by atoms with Crippen LogP contribution in [0.15, 0.2) is 54.2 Å². The van der Waals surface area contributed by atoms with Gasteiger partial charge in [-0.1, -0.05) is 41.4 Å². The molecule has 0 fully saturated rings. The van der Waals surface area contributed by atoms with Gasteiger partial charge in [-0.25, -0.2) is 4.79 Å². The molecule has 0 aromatic heterocycles. The SMILES string of the molecule is COCCC1=CN(c2ccc(C)cc2)C(=O)N[C@@]1(C)c1ccc(C)c(Cl)c1. The number of hydrogen-bond donors (Lipinski definition) is 1. The molecule has 1 atom stereocenters. The number of anilines is 1. The predicted octanol–water partition coefficient (Wildman–Crippen LogP) is 5.32. The first-order valence-corrected chi connectivity index (χ1v) is 9.38. The molecule has 1 N–H and O–H groups in total. The number of methoxy groups -OCH3 is 1. The summed E-state index contributed by atoms with van der Waals surface area (Å²) in [5.41, 5.74) is 4.36. The molecule has 1 heterocycles. The molecule has 1 aliphatic rings. The summed E-state index contributed by atoms with van der Waals surface area (Å²) >= 11 is 6.36. The van der Waals surface area contributed by atoms with Crippen molar-refractivity contribution in [1.82, 2.24) is 5.32 Å². The highest BCUT2D eigenvalue weighted by Gasteiger charge is 2.38. The molecular weight excluding hydrogens is 360 g/mol. The normalized spacial score (nSPS) is 19.7. The van der Waals surface area contributed by atoms with E-state index in [9.17, 15) is 4.79 Å². The lowest BCUT2D eigenvalue weighted by Crippen LogP contribution is -2.54. The third-order valence-corrected chi connectivity index (χ3v) is 5.55. The Balaban J connectivity index is 2.06. The van der Waals surface area contributed by atoms with Crippen molar-refractivity contribution in [2.24, 2.45) is 0 Å². The smallest absolute Gasteiger partial charge is 0.326 e. The summed E-state index contributed by atoms with van der Waals surface area (Å²) in [4.78, 5) is 14.6. The Morgan fingerprint density at radius 1 is 1.15 bits per heavy atom. The van der Waals surface area contributed by atoms with Crippen LogP contribution < -0.4 is 10.2 Å². The van der Waals surface area contributed by atoms with Crippen LogP contribution in [0.2, 0.25) is 5.02 Å². The Hall–Kier alpha value is -2.30. The van der Waals surface area contributed by atoms with Crippen molar-refractivity contribution in [2.45, 2.75) is 32.7 Å². The largest absolute Gasteiger partial charge is 0.384 e. The third-order valence-electron chi connectivity index (χ3n) is 5.14. The number of carbonyl (C=O) groups is 1. The molecule has 0 spiro atoms. The minimum absolute atomic E-state index is 0.167. The molecule has 5 heteroatoms. The van der Waals surface area contributed by atoms with Gasteiger partial charge < -0.3 is 10.1 Å². The zero-order valence-electron chi connectivity index (χ0n) is 16.2. The molecule has 0 unspecified atom stereocenters. The van der Waals surface area contributed by atoms with Crippen LogP contribution in [0.1, 0.15) is 30.0 Å². The maximum absolute atomic E-state index is 12.9. The summed E-state index contributed by atoms with van der Waals surface area (Å²) in [5.74, 6) is 0. The highest BCUT2D eigenvalue weighted by Crippen LogP contribution is 2.37. The summed E-state index contributed by atoms with van der Waals surface area (Å²) < 4.78 is 5.30. The van der Waals surface area contributed by atoms with Crippen LogP contribution in [-0.2, 0) is 10.3 Å². The fourth-order valence-electron chi connectivity index (χ4n) is 3.28. The van der Waals surface area contributed by atoms with Crippen LogP contribution in [0.4, 0.5) is 10.5 Å². The molecule has 2 aromatic carbocycles. The van der Waals surface area contributed by atoms with E-state index >= 15 is 0 Å². The predicted molar refractivity (Wildman–Crippen MR) is 110 cm³/mol. The van der Waals surface area contributed by atoms with Crippen LogP contribution in [0, 0.1) is 13.8 Å². The molecule has 0 bridgehead atoms. The molecule has 2 aromatic rings. The summed E-state index contributed by atoms with van der Waals surface area (Å²) in [6, 6.07) is 13.7. The lowest BCUT2D eigenvalue weighted by atomic mass is 9.81. The Bertz CT molecular complexity index is 876. The minimum Gasteiger partial charge on any atom is -0.384 e. The fraction of sp³-hybridized carbons (Fsp3) is 0.318. The topological polar surface area (TPSA) is 41.6 Å². The number of nitrogens with one attached hydrogen (secondary N) is 1. The van der Waals surface area contributed by atoms with Gasteiger partial charge in [0.2, 0.25) is 0 Å². The van der Waals surface area contributed by atoms with Crippen LogP contribution in [0.5, 0.6) is 0 Å². The minimum atomic E-state index is -0.645. The Kier molecular flexibility index (Phi) is 5.59. The number of amides is 2. The monoisotopic (exact) mass is 384 g/mol. The van der Waals surface area contributed by atoms with Gasteiger partial charge in [-0.3, -0.25) is 4.90 Å². The average molecular weight is 385 g/mol. The fourth-order valence-corrected chi connectivity index (χ4v) is 3.46. The van der Waals surface area contributed by atoms with Gasteiger partial charge in [-0.05, 0) is 62.1 Å². The number of halogens is 1. The van der Waals surface area contributed by atoms with Gasteiger partial charge in [0.25, 0.3) is 0 Å². The van der Waals surface area contributed by atoms with Crippen molar-refractivity contribution in [2.75, 3.05) is 18.6 Å². The molecular formula is C22H25ClN2O2. The number of nitrogens with zero attached hydrogens (tertiary/aromatic N) is 1. The number of ether oxygens (including phenoxy) is 1. The van der Waals surface area contributed by atoms with E-state index in [1.807, 2.05) is 69.4 Å². The van der Waals surface area contributed by atoms with Gasteiger partial charge in [0.05, 0.1) is 17.8 Å². The highest BCUT2D eigenvalue weighted by molar-refractivity contribution is 6.31. The zero-order valence-corrected chi connectivity index (χ0v) is 16.9. The van der Waals surface area contributed by atoms with Gasteiger partial charge in [0.15, 0.2) is 0 Å². The van der Waals surface area contributed by atoms with Gasteiger partial charge in [0.1, 0.15) is 0 Å². The van der Waals surface area contributed by atoms with Gasteiger partial charge in [-0.2, -0.15) is 0 Å². The summed E-state index contributed by atoms with van der Waals surface area (Å²) in [5, 5.41) is 3.87. The molecule has 0 saturated heterocycles. The van der Waals surface area contributed by atoms with Crippen LogP contribution in [0.25, 0.3) is 0 Å². The molecule has 0 radical (unpaired) electrons. The molecule has 4 nitrogen and oxygen atoms in total. The quantitative estimate of drug-likeness (QED) is 0.757. The highest BCUT2D eigenvalue weighted by atomic mass is 35.5. The van der Waals surface area contributed by atoms with Crippen molar-refractivity contribution in [3.63, 3.8) is 0 Å². The first kappa shape index (κ1) is 19.5. The van der Waals surface area contributed by atoms with Crippen LogP contribution >= 0.6 is 11.6 Å². The van der Waals surface area contributed by atoms with Crippen molar-refractivity contribution >= 4 is 23.3 Å². The van der Waals surface area contributed by atoms with Gasteiger partial charge in [0, 0.05) is 18.3 Å². The Morgan fingerprint density at radius 3 is 2.48 bits per heavy atom. The molecule has 2 amide bonds. The molecule has 142 valence electrons. The van der Waals surface area contributed by atoms with Crippen LogP contribution in [0.3, 0.4) is 0 Å². The van der Waals surface area contributed by atoms with E-state index in [1.165, 1.54) is 0 Å². The number of carbonyl (C=O) groups excluding carboxylic acids is 1. The van der Waals surface area contributed by atoms with E-state index in [2.05, 4.69) is 5.32 Å². The van der Waals surface area contributed by atoms with Crippen molar-refractivity contribution in [3.05, 3.63) is 76.0 Å². The number of hydrogen-bond acceptors (Lipinski definition) is 2. The molecule has 0 saturated carbocycles. The van der Waals surface area contributed by atoms with E-state index in [-0.39, 0.29) is 6.03 Å². The summed E-state index contributed by atoms with van der Waals surface area (Å²) in [6.07, 6.45) is 2.62. The lowest BCUT2D eigenvalue weighted by Gasteiger charge is -2.41. The first-order chi connectivity index (χ1) is 12.8. The maximum Gasteiger partial charge on any atom is 0.326 e. The van der Waals surface area contributed by atoms with Crippen molar-refractivity contribution < 1.29 is 9.53 Å². The van der Waals surface area contributed by atoms with Crippen molar-refractivity contribution in [1.29, 1.82) is 0 Å². The number of urea groups is 1. The van der Waals surface area contributed by atoms with Crippen molar-refractivity contribution in [3.8, 4) is 0 Å². The third kappa shape index (κ3) is 3.87. The molecule has 3 rings (SSSR count). The summed E-state index contributed by atoms with van der Waals surface area (Å²) in [7, 11) is 1.68. The standard InChI is InChI=1S/C22H25ClN2O2/c1-15-5-9-19(10-6-15)25-14-18(11-12-27-4)22(3,24-21(25)26)17-8-7-16(2)20(23)13-17/h5-10,13-14H,11-12H2,1-4H3,(H,24,26)/t22-/m0/s1. The lowest BCUT2D eigenvalue weighted by molar-refractivity contribution is 0.194. The Labute approximate surface area is 165 Å². The number of rotatable bonds is 5. The Morgan fingerprint density at radius 2 is 1.85 bits per heavy atom. The van der Waals surface area contributed by atoms with E-state index in [0.29, 0.717) is 18.1 Å². The second kappa shape index (κ2) is 7.75. The second-order valence-corrected chi connectivity index (χ2v) is 7.53. The van der Waals surface area contributed by atoms with E-state index in [1.54, 1.807) is 12.0 Å². The van der Waals surface area contributed by atoms with E-state index in [0.717, 1.165) is 28.0 Å². The second-order valence-electron chi connectivity index (χ2n) is 7.12. The zero-order chi connectivity index (χ0) is 19.6. The van der Waals surface area contributed by atoms with Crippen LogP contribution in [-0.4, -0.2) is 19.7 Å². The van der Waals surface area contributed by atoms with E-state index < -0.39 is 5.54 Å².